The summed E-state index contributed by atoms with van der Waals surface area (Å²) in [6.07, 6.45) is 4.05. The molecule has 2 N–H and O–H groups in total. The van der Waals surface area contributed by atoms with Gasteiger partial charge in [0.1, 0.15) is 5.01 Å². The summed E-state index contributed by atoms with van der Waals surface area (Å²) in [4.78, 5) is 16.3. The van der Waals surface area contributed by atoms with Crippen molar-refractivity contribution in [3.05, 3.63) is 64.8 Å². The van der Waals surface area contributed by atoms with Gasteiger partial charge in [-0.05, 0) is 49.8 Å². The van der Waals surface area contributed by atoms with Crippen molar-refractivity contribution in [1.29, 1.82) is 0 Å². The van der Waals surface area contributed by atoms with E-state index in [9.17, 15) is 27.5 Å². The predicted octanol–water partition coefficient (Wildman–Crippen LogP) is 6.24. The van der Waals surface area contributed by atoms with Crippen LogP contribution in [-0.4, -0.2) is 32.3 Å². The molecule has 2 heterocycles. The lowest BCUT2D eigenvalue weighted by Gasteiger charge is -2.28. The van der Waals surface area contributed by atoms with E-state index in [4.69, 9.17) is 5.10 Å². The van der Waals surface area contributed by atoms with E-state index in [0.717, 1.165) is 65.6 Å². The third-order valence-electron chi connectivity index (χ3n) is 6.53. The van der Waals surface area contributed by atoms with Crippen LogP contribution in [0.4, 0.5) is 17.6 Å². The number of nitrogens with zero attached hydrogens (tertiary/aromatic N) is 3. The standard InChI is InChI=1S/C25H22F4N4O2S/c26-18-7-16(8-19(27)22(18)34)24(35)30-10-13-1-5-17(6-2-13)33-12-15-4-3-14(9-20(15)32-33)25-31-11-21(36-25)23(28)29/h3-4,7-9,11-13,17,23,34H,1-2,5-6,10H2,(H,30,35)/t13-,17-. The smallest absolute Gasteiger partial charge is 0.274 e. The molecule has 6 nitrogen and oxygen atoms in total. The van der Waals surface area contributed by atoms with Crippen molar-refractivity contribution in [2.45, 2.75) is 38.2 Å². The number of carbonyl (C=O) groups is 1. The Morgan fingerprint density at radius 2 is 1.86 bits per heavy atom. The van der Waals surface area contributed by atoms with Crippen molar-refractivity contribution in [1.82, 2.24) is 20.1 Å². The first-order valence-corrected chi connectivity index (χ1v) is 12.3. The highest BCUT2D eigenvalue weighted by Gasteiger charge is 2.24. The molecular formula is C25H22F4N4O2S. The van der Waals surface area contributed by atoms with E-state index in [2.05, 4.69) is 10.3 Å². The van der Waals surface area contributed by atoms with Crippen LogP contribution >= 0.6 is 11.3 Å². The van der Waals surface area contributed by atoms with Crippen molar-refractivity contribution < 1.29 is 27.5 Å². The fourth-order valence-corrected chi connectivity index (χ4v) is 5.29. The Hall–Kier alpha value is -3.47. The van der Waals surface area contributed by atoms with E-state index in [-0.39, 0.29) is 22.4 Å². The number of fused-ring (bicyclic) bond motifs is 1. The number of benzene rings is 2. The third kappa shape index (κ3) is 4.92. The molecule has 1 saturated carbocycles. The summed E-state index contributed by atoms with van der Waals surface area (Å²) in [5, 5.41) is 18.1. The maximum Gasteiger partial charge on any atom is 0.274 e. The molecule has 36 heavy (non-hydrogen) atoms. The van der Waals surface area contributed by atoms with E-state index >= 15 is 0 Å². The molecule has 1 aliphatic rings. The lowest BCUT2D eigenvalue weighted by atomic mass is 9.86. The molecule has 188 valence electrons. The van der Waals surface area contributed by atoms with Crippen LogP contribution in [0.15, 0.2) is 42.7 Å². The molecule has 0 unspecified atom stereocenters. The topological polar surface area (TPSA) is 80.0 Å². The van der Waals surface area contributed by atoms with E-state index in [1.807, 2.05) is 29.1 Å². The van der Waals surface area contributed by atoms with Gasteiger partial charge in [-0.25, -0.2) is 22.5 Å². The number of halogens is 4. The van der Waals surface area contributed by atoms with Gasteiger partial charge in [0.05, 0.1) is 16.4 Å². The molecule has 1 amide bonds. The molecule has 1 aliphatic carbocycles. The van der Waals surface area contributed by atoms with Gasteiger partial charge < -0.3 is 10.4 Å². The maximum atomic E-state index is 13.5. The van der Waals surface area contributed by atoms with Gasteiger partial charge in [0.15, 0.2) is 17.4 Å². The number of hydrogen-bond donors (Lipinski definition) is 2. The average Bonchev–Trinajstić information content (AvgIpc) is 3.53. The number of aromatic nitrogens is 3. The zero-order chi connectivity index (χ0) is 25.4. The zero-order valence-electron chi connectivity index (χ0n) is 18.9. The van der Waals surface area contributed by atoms with Gasteiger partial charge in [-0.3, -0.25) is 9.48 Å². The second-order valence-corrected chi connectivity index (χ2v) is 9.99. The SMILES string of the molecule is O=C(NC[C@H]1CC[C@H](n2cc3ccc(-c4ncc(C(F)F)s4)cc3n2)CC1)c1cc(F)c(O)c(F)c1. The molecule has 4 aromatic rings. The van der Waals surface area contributed by atoms with Crippen molar-refractivity contribution in [3.63, 3.8) is 0 Å². The predicted molar refractivity (Wildman–Crippen MR) is 127 cm³/mol. The molecule has 1 fully saturated rings. The first kappa shape index (κ1) is 24.2. The summed E-state index contributed by atoms with van der Waals surface area (Å²) in [6.45, 7) is 0.383. The Kier molecular flexibility index (Phi) is 6.65. The van der Waals surface area contributed by atoms with Crippen LogP contribution in [0.25, 0.3) is 21.5 Å². The third-order valence-corrected chi connectivity index (χ3v) is 7.59. The van der Waals surface area contributed by atoms with E-state index in [1.54, 1.807) is 0 Å². The maximum absolute atomic E-state index is 13.5. The summed E-state index contributed by atoms with van der Waals surface area (Å²) in [7, 11) is 0. The van der Waals surface area contributed by atoms with E-state index in [0.29, 0.717) is 11.6 Å². The molecule has 0 spiro atoms. The Morgan fingerprint density at radius 1 is 1.14 bits per heavy atom. The first-order chi connectivity index (χ1) is 17.3. The Bertz CT molecular complexity index is 1390. The molecule has 0 saturated heterocycles. The largest absolute Gasteiger partial charge is 0.503 e. The lowest BCUT2D eigenvalue weighted by molar-refractivity contribution is 0.0940. The average molecular weight is 519 g/mol. The molecule has 2 aromatic carbocycles. The fraction of sp³-hybridized carbons (Fsp3) is 0.320. The molecule has 2 aromatic heterocycles. The minimum atomic E-state index is -2.54. The number of thiazole rings is 1. The second-order valence-electron chi connectivity index (χ2n) is 8.92. The molecule has 0 bridgehead atoms. The summed E-state index contributed by atoms with van der Waals surface area (Å²) < 4.78 is 54.7. The summed E-state index contributed by atoms with van der Waals surface area (Å²) in [5.74, 6) is -3.82. The van der Waals surface area contributed by atoms with Crippen LogP contribution in [0.2, 0.25) is 0 Å². The van der Waals surface area contributed by atoms with Crippen molar-refractivity contribution in [2.24, 2.45) is 5.92 Å². The number of carbonyl (C=O) groups excluding carboxylic acids is 1. The summed E-state index contributed by atoms with van der Waals surface area (Å²) >= 11 is 0.971. The first-order valence-electron chi connectivity index (χ1n) is 11.5. The van der Waals surface area contributed by atoms with Gasteiger partial charge >= 0.3 is 0 Å². The highest BCUT2D eigenvalue weighted by atomic mass is 32.1. The Morgan fingerprint density at radius 3 is 2.53 bits per heavy atom. The number of aromatic hydroxyl groups is 1. The molecule has 5 rings (SSSR count). The minimum absolute atomic E-state index is 0.0639. The number of nitrogens with one attached hydrogen (secondary N) is 1. The van der Waals surface area contributed by atoms with Gasteiger partial charge in [-0.15, -0.1) is 11.3 Å². The minimum Gasteiger partial charge on any atom is -0.503 e. The van der Waals surface area contributed by atoms with Crippen LogP contribution in [0, 0.1) is 17.6 Å². The second kappa shape index (κ2) is 9.88. The van der Waals surface area contributed by atoms with Crippen molar-refractivity contribution >= 4 is 28.1 Å². The molecule has 0 aliphatic heterocycles. The monoisotopic (exact) mass is 518 g/mol. The zero-order valence-corrected chi connectivity index (χ0v) is 19.7. The molecular weight excluding hydrogens is 496 g/mol. The van der Waals surface area contributed by atoms with Gasteiger partial charge in [0.2, 0.25) is 0 Å². The van der Waals surface area contributed by atoms with Crippen LogP contribution in [-0.2, 0) is 0 Å². The molecule has 0 radical (unpaired) electrons. The van der Waals surface area contributed by atoms with E-state index in [1.165, 1.54) is 6.20 Å². The number of hydrogen-bond acceptors (Lipinski definition) is 5. The quantitative estimate of drug-likeness (QED) is 0.296. The number of amides is 1. The number of phenols is 1. The number of phenolic OH excluding ortho intramolecular Hbond substituents is 1. The summed E-state index contributed by atoms with van der Waals surface area (Å²) in [5.41, 5.74) is 1.34. The highest BCUT2D eigenvalue weighted by Crippen LogP contribution is 2.35. The van der Waals surface area contributed by atoms with Crippen LogP contribution in [0.1, 0.15) is 53.4 Å². The van der Waals surface area contributed by atoms with E-state index < -0.39 is 29.7 Å². The van der Waals surface area contributed by atoms with Crippen LogP contribution in [0.3, 0.4) is 0 Å². The fourth-order valence-electron chi connectivity index (χ4n) is 4.53. The normalized spacial score (nSPS) is 18.1. The lowest BCUT2D eigenvalue weighted by Crippen LogP contribution is -2.31. The summed E-state index contributed by atoms with van der Waals surface area (Å²) in [6, 6.07) is 7.44. The Balaban J connectivity index is 1.19. The van der Waals surface area contributed by atoms with Gasteiger partial charge in [0.25, 0.3) is 12.3 Å². The Labute approximate surface area is 207 Å². The molecule has 0 atom stereocenters. The van der Waals surface area contributed by atoms with Crippen LogP contribution < -0.4 is 5.32 Å². The van der Waals surface area contributed by atoms with Gasteiger partial charge in [-0.1, -0.05) is 12.1 Å². The van der Waals surface area contributed by atoms with Gasteiger partial charge in [-0.2, -0.15) is 5.10 Å². The number of rotatable bonds is 6. The van der Waals surface area contributed by atoms with Crippen molar-refractivity contribution in [2.75, 3.05) is 6.54 Å². The van der Waals surface area contributed by atoms with Crippen molar-refractivity contribution in [3.8, 4) is 16.3 Å². The molecule has 11 heteroatoms. The van der Waals surface area contributed by atoms with Gasteiger partial charge in [0, 0.05) is 35.5 Å². The highest BCUT2D eigenvalue weighted by molar-refractivity contribution is 7.15. The van der Waals surface area contributed by atoms with Crippen LogP contribution in [0.5, 0.6) is 5.75 Å². The number of alkyl halides is 2.